The Labute approximate surface area is 147 Å². The van der Waals surface area contributed by atoms with Gasteiger partial charge in [0.1, 0.15) is 0 Å². The van der Waals surface area contributed by atoms with E-state index in [1.165, 1.54) is 19.1 Å². The molecule has 0 radical (unpaired) electrons. The number of hydrogen-bond donors (Lipinski definition) is 2. The third kappa shape index (κ3) is 3.09. The summed E-state index contributed by atoms with van der Waals surface area (Å²) in [5, 5.41) is 14.1. The van der Waals surface area contributed by atoms with E-state index in [-0.39, 0.29) is 28.0 Å². The second-order valence-corrected chi connectivity index (χ2v) is 7.26. The Morgan fingerprint density at radius 1 is 1.54 bits per heavy atom. The lowest BCUT2D eigenvalue weighted by molar-refractivity contribution is -0.123. The molecule has 0 aromatic heterocycles. The van der Waals surface area contributed by atoms with Crippen LogP contribution in [0.2, 0.25) is 5.02 Å². The van der Waals surface area contributed by atoms with Gasteiger partial charge in [-0.3, -0.25) is 4.79 Å². The topological polar surface area (TPSA) is 70.9 Å². The first-order valence-corrected chi connectivity index (χ1v) is 8.83. The predicted molar refractivity (Wildman–Crippen MR) is 93.6 cm³/mol. The van der Waals surface area contributed by atoms with Gasteiger partial charge in [-0.05, 0) is 48.8 Å². The molecule has 24 heavy (non-hydrogen) atoms. The molecule has 1 aromatic carbocycles. The van der Waals surface area contributed by atoms with Gasteiger partial charge >= 0.3 is 0 Å². The molecule has 0 bridgehead atoms. The molecule has 5 nitrogen and oxygen atoms in total. The number of rotatable bonds is 5. The summed E-state index contributed by atoms with van der Waals surface area (Å²) in [6.07, 6.45) is 6.22. The van der Waals surface area contributed by atoms with Crippen molar-refractivity contribution in [3.63, 3.8) is 0 Å². The number of carbonyl (C=O) groups excluding carboxylic acids is 1. The van der Waals surface area contributed by atoms with Crippen molar-refractivity contribution in [1.82, 2.24) is 5.43 Å². The molecule has 130 valence electrons. The third-order valence-corrected chi connectivity index (χ3v) is 5.64. The second kappa shape index (κ2) is 6.63. The zero-order chi connectivity index (χ0) is 17.3. The summed E-state index contributed by atoms with van der Waals surface area (Å²) >= 11 is 5.98. The molecule has 0 aliphatic heterocycles. The van der Waals surface area contributed by atoms with Crippen LogP contribution in [0.1, 0.15) is 45.1 Å². The molecule has 2 N–H and O–H groups in total. The second-order valence-electron chi connectivity index (χ2n) is 6.85. The Morgan fingerprint density at radius 2 is 2.33 bits per heavy atom. The first-order valence-electron chi connectivity index (χ1n) is 8.45. The van der Waals surface area contributed by atoms with Gasteiger partial charge in [0.05, 0.1) is 17.8 Å². The van der Waals surface area contributed by atoms with Gasteiger partial charge in [-0.2, -0.15) is 5.10 Å². The minimum absolute atomic E-state index is 0.00411. The van der Waals surface area contributed by atoms with Crippen molar-refractivity contribution in [3.05, 3.63) is 22.7 Å². The molecule has 2 fully saturated rings. The van der Waals surface area contributed by atoms with E-state index in [2.05, 4.69) is 17.5 Å². The third-order valence-electron chi connectivity index (χ3n) is 5.35. The van der Waals surface area contributed by atoms with Crippen molar-refractivity contribution < 1.29 is 14.6 Å². The van der Waals surface area contributed by atoms with E-state index in [1.54, 1.807) is 12.1 Å². The molecular weight excluding hydrogens is 328 g/mol. The van der Waals surface area contributed by atoms with E-state index in [0.717, 1.165) is 12.8 Å². The normalized spacial score (nSPS) is 28.5. The van der Waals surface area contributed by atoms with Gasteiger partial charge in [-0.1, -0.05) is 31.4 Å². The van der Waals surface area contributed by atoms with Crippen LogP contribution in [0.5, 0.6) is 11.5 Å². The Hall–Kier alpha value is -1.75. The fourth-order valence-electron chi connectivity index (χ4n) is 4.02. The average molecular weight is 351 g/mol. The lowest BCUT2D eigenvalue weighted by Crippen LogP contribution is -2.22. The number of aromatic hydroxyl groups is 1. The van der Waals surface area contributed by atoms with Crippen molar-refractivity contribution in [2.24, 2.45) is 22.4 Å². The summed E-state index contributed by atoms with van der Waals surface area (Å²) in [6, 6.07) is 3.21. The highest BCUT2D eigenvalue weighted by Crippen LogP contribution is 2.66. The maximum absolute atomic E-state index is 12.3. The molecule has 0 saturated heterocycles. The van der Waals surface area contributed by atoms with Crippen molar-refractivity contribution in [1.29, 1.82) is 0 Å². The smallest absolute Gasteiger partial charge is 0.244 e. The molecule has 0 heterocycles. The number of nitrogens with zero attached hydrogens (tertiary/aromatic N) is 1. The zero-order valence-corrected chi connectivity index (χ0v) is 14.8. The summed E-state index contributed by atoms with van der Waals surface area (Å²) in [6.45, 7) is 4.45. The van der Waals surface area contributed by atoms with Crippen molar-refractivity contribution >= 4 is 23.7 Å². The number of fused-ring (bicyclic) bond motifs is 1. The zero-order valence-electron chi connectivity index (χ0n) is 14.0. The lowest BCUT2D eigenvalue weighted by Gasteiger charge is -2.15. The number of ether oxygens (including phenoxy) is 1. The predicted octanol–water partition coefficient (Wildman–Crippen LogP) is 3.72. The number of phenolic OH excluding ortho intramolecular Hbond substituents is 1. The number of nitrogens with one attached hydrogen (secondary N) is 1. The van der Waals surface area contributed by atoms with Crippen LogP contribution in [0.4, 0.5) is 0 Å². The molecule has 1 amide bonds. The van der Waals surface area contributed by atoms with Crippen molar-refractivity contribution in [2.75, 3.05) is 6.61 Å². The highest BCUT2D eigenvalue weighted by atomic mass is 35.5. The van der Waals surface area contributed by atoms with Crippen LogP contribution >= 0.6 is 11.6 Å². The highest BCUT2D eigenvalue weighted by molar-refractivity contribution is 6.32. The van der Waals surface area contributed by atoms with Crippen LogP contribution in [0.3, 0.4) is 0 Å². The van der Waals surface area contributed by atoms with Gasteiger partial charge in [0.15, 0.2) is 11.5 Å². The number of amides is 1. The first-order chi connectivity index (χ1) is 11.5. The minimum Gasteiger partial charge on any atom is -0.503 e. The molecule has 2 aliphatic rings. The number of hydrogen-bond acceptors (Lipinski definition) is 4. The Bertz CT molecular complexity index is 676. The molecule has 2 saturated carbocycles. The van der Waals surface area contributed by atoms with Gasteiger partial charge in [0.25, 0.3) is 0 Å². The quantitative estimate of drug-likeness (QED) is 0.628. The van der Waals surface area contributed by atoms with Crippen molar-refractivity contribution in [2.45, 2.75) is 39.5 Å². The van der Waals surface area contributed by atoms with E-state index in [1.807, 2.05) is 6.92 Å². The van der Waals surface area contributed by atoms with E-state index < -0.39 is 0 Å². The number of carbonyl (C=O) groups is 1. The van der Waals surface area contributed by atoms with Gasteiger partial charge < -0.3 is 9.84 Å². The molecule has 0 spiro atoms. The SMILES string of the molecule is CCOc1cc(/C=N\NC(=O)[C@@H]2[C@@H]3CCCC[C@]23C)cc(Cl)c1O. The van der Waals surface area contributed by atoms with E-state index in [4.69, 9.17) is 16.3 Å². The molecule has 2 aliphatic carbocycles. The molecule has 3 atom stereocenters. The Balaban J connectivity index is 1.63. The molecule has 6 heteroatoms. The van der Waals surface area contributed by atoms with Gasteiger partial charge in [0.2, 0.25) is 5.91 Å². The van der Waals surface area contributed by atoms with E-state index in [0.29, 0.717) is 23.8 Å². The number of phenols is 1. The summed E-state index contributed by atoms with van der Waals surface area (Å²) in [7, 11) is 0. The fourth-order valence-corrected chi connectivity index (χ4v) is 4.24. The van der Waals surface area contributed by atoms with Crippen LogP contribution in [-0.2, 0) is 4.79 Å². The number of halogens is 1. The van der Waals surface area contributed by atoms with Crippen LogP contribution in [0.25, 0.3) is 0 Å². The standard InChI is InChI=1S/C18H23ClN2O3/c1-3-24-14-9-11(8-13(19)16(14)22)10-20-21-17(23)15-12-6-4-5-7-18(12,15)2/h8-10,12,15,22H,3-7H2,1-2H3,(H,21,23)/b20-10-/t12-,15-,18-/m0/s1. The van der Waals surface area contributed by atoms with E-state index >= 15 is 0 Å². The first kappa shape index (κ1) is 17.1. The molecule has 1 aromatic rings. The fraction of sp³-hybridized carbons (Fsp3) is 0.556. The van der Waals surface area contributed by atoms with Crippen LogP contribution in [0.15, 0.2) is 17.2 Å². The van der Waals surface area contributed by atoms with Gasteiger partial charge in [-0.25, -0.2) is 5.43 Å². The molecular formula is C18H23ClN2O3. The molecule has 0 unspecified atom stereocenters. The summed E-state index contributed by atoms with van der Waals surface area (Å²) in [5.41, 5.74) is 3.47. The van der Waals surface area contributed by atoms with Crippen LogP contribution in [-0.4, -0.2) is 23.8 Å². The summed E-state index contributed by atoms with van der Waals surface area (Å²) in [5.74, 6) is 0.803. The largest absolute Gasteiger partial charge is 0.503 e. The Kier molecular flexibility index (Phi) is 4.72. The summed E-state index contributed by atoms with van der Waals surface area (Å²) < 4.78 is 5.33. The van der Waals surface area contributed by atoms with E-state index in [9.17, 15) is 9.90 Å². The Morgan fingerprint density at radius 3 is 3.00 bits per heavy atom. The van der Waals surface area contributed by atoms with Crippen LogP contribution < -0.4 is 10.2 Å². The average Bonchev–Trinajstić information content (AvgIpc) is 3.18. The maximum Gasteiger partial charge on any atom is 0.244 e. The molecule has 3 rings (SSSR count). The maximum atomic E-state index is 12.3. The number of benzene rings is 1. The minimum atomic E-state index is -0.0883. The van der Waals surface area contributed by atoms with Gasteiger partial charge in [-0.15, -0.1) is 0 Å². The number of hydrazone groups is 1. The van der Waals surface area contributed by atoms with Gasteiger partial charge in [0, 0.05) is 5.92 Å². The monoisotopic (exact) mass is 350 g/mol. The highest BCUT2D eigenvalue weighted by Gasteiger charge is 2.64. The van der Waals surface area contributed by atoms with Crippen LogP contribution in [0, 0.1) is 17.3 Å². The summed E-state index contributed by atoms with van der Waals surface area (Å²) in [4.78, 5) is 12.3. The van der Waals surface area contributed by atoms with Crippen molar-refractivity contribution in [3.8, 4) is 11.5 Å². The lowest BCUT2D eigenvalue weighted by atomic mass is 9.90.